The number of fused-ring (bicyclic) bond motifs is 1. The Balaban J connectivity index is 1.16. The number of carbonyl (C=O) groups is 2. The number of rotatable bonds is 7. The highest BCUT2D eigenvalue weighted by molar-refractivity contribution is 5.97. The van der Waals surface area contributed by atoms with Gasteiger partial charge in [0.1, 0.15) is 17.3 Å². The molecule has 1 amide bonds. The van der Waals surface area contributed by atoms with Crippen molar-refractivity contribution in [3.05, 3.63) is 108 Å². The Morgan fingerprint density at radius 1 is 0.861 bits per heavy atom. The van der Waals surface area contributed by atoms with E-state index in [4.69, 9.17) is 9.47 Å². The lowest BCUT2D eigenvalue weighted by Gasteiger charge is -2.09. The van der Waals surface area contributed by atoms with Crippen molar-refractivity contribution in [3.63, 3.8) is 0 Å². The van der Waals surface area contributed by atoms with Gasteiger partial charge in [0, 0.05) is 11.3 Å². The average Bonchev–Trinajstić information content (AvgIpc) is 3.33. The first kappa shape index (κ1) is 22.9. The normalized spacial score (nSPS) is 10.7. The number of nitrogens with one attached hydrogen (secondary N) is 2. The van der Waals surface area contributed by atoms with Crippen molar-refractivity contribution in [2.75, 3.05) is 11.9 Å². The molecule has 4 aromatic carbocycles. The van der Waals surface area contributed by atoms with Gasteiger partial charge in [-0.2, -0.15) is 0 Å². The molecular formula is C29H23N3O4. The lowest BCUT2D eigenvalue weighted by molar-refractivity contribution is -0.119. The molecule has 0 bridgehead atoms. The van der Waals surface area contributed by atoms with Crippen LogP contribution in [0.3, 0.4) is 0 Å². The largest absolute Gasteiger partial charge is 0.457 e. The van der Waals surface area contributed by atoms with Crippen LogP contribution < -0.4 is 10.1 Å². The van der Waals surface area contributed by atoms with Gasteiger partial charge in [-0.15, -0.1) is 0 Å². The quantitative estimate of drug-likeness (QED) is 0.275. The minimum atomic E-state index is -0.592. The third-order valence-electron chi connectivity index (χ3n) is 5.49. The maximum Gasteiger partial charge on any atom is 0.338 e. The molecule has 0 spiro atoms. The zero-order chi connectivity index (χ0) is 24.9. The Kier molecular flexibility index (Phi) is 6.44. The van der Waals surface area contributed by atoms with Gasteiger partial charge < -0.3 is 19.8 Å². The van der Waals surface area contributed by atoms with Crippen LogP contribution in [0, 0.1) is 6.92 Å². The van der Waals surface area contributed by atoms with Crippen LogP contribution >= 0.6 is 0 Å². The summed E-state index contributed by atoms with van der Waals surface area (Å²) in [6.45, 7) is 1.62. The average molecular weight is 478 g/mol. The number of amides is 1. The molecule has 5 aromatic rings. The highest BCUT2D eigenvalue weighted by Gasteiger charge is 2.13. The van der Waals surface area contributed by atoms with Crippen molar-refractivity contribution >= 4 is 28.6 Å². The number of esters is 1. The lowest BCUT2D eigenvalue weighted by Crippen LogP contribution is -2.20. The summed E-state index contributed by atoms with van der Waals surface area (Å²) in [4.78, 5) is 32.6. The van der Waals surface area contributed by atoms with Crippen LogP contribution in [0.1, 0.15) is 15.9 Å². The number of para-hydroxylation sites is 1. The number of ether oxygens (including phenoxy) is 2. The van der Waals surface area contributed by atoms with E-state index >= 15 is 0 Å². The molecule has 2 N–H and O–H groups in total. The third kappa shape index (κ3) is 5.42. The zero-order valence-electron chi connectivity index (χ0n) is 19.5. The maximum absolute atomic E-state index is 12.5. The number of carbonyl (C=O) groups excluding carboxylic acids is 2. The first-order valence-corrected chi connectivity index (χ1v) is 11.4. The number of hydrogen-bond acceptors (Lipinski definition) is 5. The van der Waals surface area contributed by atoms with Gasteiger partial charge in [-0.05, 0) is 61.5 Å². The minimum absolute atomic E-state index is 0.330. The van der Waals surface area contributed by atoms with Crippen LogP contribution in [0.4, 0.5) is 5.69 Å². The molecule has 1 aromatic heterocycles. The maximum atomic E-state index is 12.5. The fourth-order valence-corrected chi connectivity index (χ4v) is 3.63. The van der Waals surface area contributed by atoms with Crippen molar-refractivity contribution in [2.24, 2.45) is 0 Å². The van der Waals surface area contributed by atoms with Crippen molar-refractivity contribution in [3.8, 4) is 22.9 Å². The summed E-state index contributed by atoms with van der Waals surface area (Å²) in [5.41, 5.74) is 4.47. The molecule has 0 aliphatic carbocycles. The Morgan fingerprint density at radius 3 is 2.33 bits per heavy atom. The van der Waals surface area contributed by atoms with Gasteiger partial charge in [0.25, 0.3) is 5.91 Å². The van der Waals surface area contributed by atoms with Gasteiger partial charge in [0.2, 0.25) is 0 Å². The van der Waals surface area contributed by atoms with E-state index in [2.05, 4.69) is 15.3 Å². The van der Waals surface area contributed by atoms with Crippen molar-refractivity contribution in [1.29, 1.82) is 0 Å². The van der Waals surface area contributed by atoms with E-state index < -0.39 is 18.5 Å². The molecule has 0 atom stereocenters. The Morgan fingerprint density at radius 2 is 1.58 bits per heavy atom. The third-order valence-corrected chi connectivity index (χ3v) is 5.49. The van der Waals surface area contributed by atoms with Crippen molar-refractivity contribution in [1.82, 2.24) is 9.97 Å². The Labute approximate surface area is 207 Å². The van der Waals surface area contributed by atoms with Gasteiger partial charge in [0.05, 0.1) is 16.6 Å². The van der Waals surface area contributed by atoms with Gasteiger partial charge >= 0.3 is 5.97 Å². The van der Waals surface area contributed by atoms with Crippen LogP contribution in [-0.2, 0) is 9.53 Å². The first-order chi connectivity index (χ1) is 17.5. The van der Waals surface area contributed by atoms with Crippen LogP contribution in [0.25, 0.3) is 22.4 Å². The molecule has 7 heteroatoms. The van der Waals surface area contributed by atoms with Gasteiger partial charge in [-0.1, -0.05) is 48.0 Å². The second-order valence-electron chi connectivity index (χ2n) is 8.25. The number of aromatic amines is 1. The lowest BCUT2D eigenvalue weighted by atomic mass is 10.1. The molecule has 178 valence electrons. The standard InChI is InChI=1S/C29H23N3O4/c1-19-7-9-20(10-8-19)28-31-25-16-11-21(17-26(25)32-28)29(34)35-18-27(33)30-22-12-14-24(15-13-22)36-23-5-3-2-4-6-23/h2-17H,18H2,1H3,(H,30,33)(H,31,32). The summed E-state index contributed by atoms with van der Waals surface area (Å²) in [5.74, 6) is 1.05. The van der Waals surface area contributed by atoms with Crippen molar-refractivity contribution in [2.45, 2.75) is 6.92 Å². The number of imidazole rings is 1. The van der Waals surface area contributed by atoms with Crippen LogP contribution in [0.2, 0.25) is 0 Å². The number of aromatic nitrogens is 2. The predicted molar refractivity (Wildman–Crippen MR) is 138 cm³/mol. The molecule has 5 rings (SSSR count). The molecule has 0 saturated carbocycles. The predicted octanol–water partition coefficient (Wildman–Crippen LogP) is 6.13. The van der Waals surface area contributed by atoms with E-state index in [-0.39, 0.29) is 0 Å². The molecule has 0 radical (unpaired) electrons. The SMILES string of the molecule is Cc1ccc(-c2nc3ccc(C(=O)OCC(=O)Nc4ccc(Oc5ccccc5)cc4)cc3[nH]2)cc1. The minimum Gasteiger partial charge on any atom is -0.457 e. The molecular weight excluding hydrogens is 454 g/mol. The number of H-pyrrole nitrogens is 1. The Hall–Kier alpha value is -4.91. The zero-order valence-corrected chi connectivity index (χ0v) is 19.5. The highest BCUT2D eigenvalue weighted by Crippen LogP contribution is 2.23. The number of nitrogens with zero attached hydrogens (tertiary/aromatic N) is 1. The fraction of sp³-hybridized carbons (Fsp3) is 0.0690. The fourth-order valence-electron chi connectivity index (χ4n) is 3.63. The van der Waals surface area contributed by atoms with E-state index in [0.717, 1.165) is 28.2 Å². The second-order valence-corrected chi connectivity index (χ2v) is 8.25. The van der Waals surface area contributed by atoms with Gasteiger partial charge in [0.15, 0.2) is 6.61 Å². The topological polar surface area (TPSA) is 93.3 Å². The van der Waals surface area contributed by atoms with Crippen LogP contribution in [0.15, 0.2) is 97.1 Å². The van der Waals surface area contributed by atoms with E-state index in [9.17, 15) is 9.59 Å². The number of anilines is 1. The molecule has 0 fully saturated rings. The second kappa shape index (κ2) is 10.1. The van der Waals surface area contributed by atoms with Crippen LogP contribution in [-0.4, -0.2) is 28.5 Å². The van der Waals surface area contributed by atoms with E-state index in [1.807, 2.05) is 61.5 Å². The smallest absolute Gasteiger partial charge is 0.338 e. The summed E-state index contributed by atoms with van der Waals surface area (Å²) in [6, 6.07) is 29.4. The van der Waals surface area contributed by atoms with Gasteiger partial charge in [-0.25, -0.2) is 9.78 Å². The number of hydrogen-bond donors (Lipinski definition) is 2. The summed E-state index contributed by atoms with van der Waals surface area (Å²) in [5, 5.41) is 2.71. The highest BCUT2D eigenvalue weighted by atomic mass is 16.5. The molecule has 0 aliphatic heterocycles. The summed E-state index contributed by atoms with van der Waals surface area (Å²) >= 11 is 0. The van der Waals surface area contributed by atoms with E-state index in [1.165, 1.54) is 0 Å². The molecule has 36 heavy (non-hydrogen) atoms. The molecule has 0 saturated heterocycles. The molecule has 1 heterocycles. The van der Waals surface area contributed by atoms with Gasteiger partial charge in [-0.3, -0.25) is 4.79 Å². The molecule has 0 aliphatic rings. The van der Waals surface area contributed by atoms with E-state index in [0.29, 0.717) is 22.5 Å². The molecule has 7 nitrogen and oxygen atoms in total. The van der Waals surface area contributed by atoms with Crippen molar-refractivity contribution < 1.29 is 19.1 Å². The first-order valence-electron chi connectivity index (χ1n) is 11.4. The van der Waals surface area contributed by atoms with Crippen LogP contribution in [0.5, 0.6) is 11.5 Å². The summed E-state index contributed by atoms with van der Waals surface area (Å²) in [6.07, 6.45) is 0. The summed E-state index contributed by atoms with van der Waals surface area (Å²) in [7, 11) is 0. The number of aryl methyl sites for hydroxylation is 1. The molecule has 0 unspecified atom stereocenters. The number of benzene rings is 4. The van der Waals surface area contributed by atoms with E-state index in [1.54, 1.807) is 42.5 Å². The Bertz CT molecular complexity index is 1510. The monoisotopic (exact) mass is 477 g/mol. The summed E-state index contributed by atoms with van der Waals surface area (Å²) < 4.78 is 10.9.